The van der Waals surface area contributed by atoms with Gasteiger partial charge < -0.3 is 10.6 Å². The first-order valence-electron chi connectivity index (χ1n) is 6.90. The van der Waals surface area contributed by atoms with E-state index in [1.807, 2.05) is 13.8 Å². The van der Waals surface area contributed by atoms with Crippen LogP contribution in [0.2, 0.25) is 10.0 Å². The Morgan fingerprint density at radius 2 is 1.90 bits per heavy atom. The number of benzene rings is 1. The fraction of sp³-hybridized carbons (Fsp3) is 0.467. The van der Waals surface area contributed by atoms with E-state index in [1.54, 1.807) is 18.2 Å². The summed E-state index contributed by atoms with van der Waals surface area (Å²) in [5.41, 5.74) is -0.480. The lowest BCUT2D eigenvalue weighted by atomic mass is 10.0. The largest absolute Gasteiger partial charge is 0.355 e. The van der Waals surface area contributed by atoms with Gasteiger partial charge >= 0.3 is 0 Å². The number of anilines is 1. The van der Waals surface area contributed by atoms with Crippen molar-refractivity contribution < 1.29 is 9.59 Å². The average Bonchev–Trinajstić information content (AvgIpc) is 3.20. The smallest absolute Gasteiger partial charge is 0.240 e. The summed E-state index contributed by atoms with van der Waals surface area (Å²) in [5, 5.41) is 6.39. The molecule has 0 saturated heterocycles. The molecule has 2 N–H and O–H groups in total. The van der Waals surface area contributed by atoms with Crippen LogP contribution in [0.25, 0.3) is 0 Å². The van der Waals surface area contributed by atoms with Crippen LogP contribution in [-0.4, -0.2) is 18.4 Å². The Kier molecular flexibility index (Phi) is 4.79. The summed E-state index contributed by atoms with van der Waals surface area (Å²) in [6.07, 6.45) is 1.13. The average molecular weight is 329 g/mol. The van der Waals surface area contributed by atoms with E-state index in [4.69, 9.17) is 23.2 Å². The molecule has 4 nitrogen and oxygen atoms in total. The van der Waals surface area contributed by atoms with Gasteiger partial charge in [-0.05, 0) is 37.0 Å². The van der Waals surface area contributed by atoms with E-state index in [2.05, 4.69) is 10.6 Å². The molecule has 2 rings (SSSR count). The Balaban J connectivity index is 2.04. The van der Waals surface area contributed by atoms with E-state index in [9.17, 15) is 9.59 Å². The van der Waals surface area contributed by atoms with Crippen molar-refractivity contribution in [2.24, 2.45) is 11.3 Å². The molecular weight excluding hydrogens is 311 g/mol. The van der Waals surface area contributed by atoms with Crippen LogP contribution in [0.1, 0.15) is 26.7 Å². The maximum atomic E-state index is 12.4. The maximum absolute atomic E-state index is 12.4. The van der Waals surface area contributed by atoms with Crippen LogP contribution in [0, 0.1) is 11.3 Å². The van der Waals surface area contributed by atoms with Gasteiger partial charge in [0.1, 0.15) is 5.41 Å². The van der Waals surface area contributed by atoms with Gasteiger partial charge in [0.05, 0.1) is 10.7 Å². The van der Waals surface area contributed by atoms with Crippen molar-refractivity contribution in [1.29, 1.82) is 0 Å². The Morgan fingerprint density at radius 1 is 1.24 bits per heavy atom. The van der Waals surface area contributed by atoms with Crippen molar-refractivity contribution in [3.63, 3.8) is 0 Å². The Bertz CT molecular complexity index is 569. The van der Waals surface area contributed by atoms with E-state index in [-0.39, 0.29) is 11.8 Å². The Morgan fingerprint density at radius 3 is 2.43 bits per heavy atom. The van der Waals surface area contributed by atoms with Gasteiger partial charge in [0.2, 0.25) is 11.8 Å². The summed E-state index contributed by atoms with van der Waals surface area (Å²) < 4.78 is 0. The number of rotatable bonds is 5. The molecule has 114 valence electrons. The third-order valence-electron chi connectivity index (χ3n) is 3.47. The van der Waals surface area contributed by atoms with Crippen molar-refractivity contribution in [1.82, 2.24) is 5.32 Å². The second-order valence-corrected chi connectivity index (χ2v) is 6.61. The van der Waals surface area contributed by atoms with Gasteiger partial charge in [0.25, 0.3) is 0 Å². The minimum atomic E-state index is -0.947. The molecule has 6 heteroatoms. The molecule has 21 heavy (non-hydrogen) atoms. The molecule has 1 aliphatic rings. The predicted molar refractivity (Wildman–Crippen MR) is 84.6 cm³/mol. The van der Waals surface area contributed by atoms with Crippen molar-refractivity contribution >= 4 is 40.7 Å². The van der Waals surface area contributed by atoms with E-state index in [0.717, 1.165) is 0 Å². The van der Waals surface area contributed by atoms with Crippen molar-refractivity contribution in [3.8, 4) is 0 Å². The summed E-state index contributed by atoms with van der Waals surface area (Å²) in [6.45, 7) is 4.58. The van der Waals surface area contributed by atoms with Crippen LogP contribution in [0.3, 0.4) is 0 Å². The minimum absolute atomic E-state index is 0.209. The fourth-order valence-electron chi connectivity index (χ4n) is 1.98. The lowest BCUT2D eigenvalue weighted by molar-refractivity contribution is -0.134. The van der Waals surface area contributed by atoms with Crippen molar-refractivity contribution in [2.45, 2.75) is 26.7 Å². The van der Waals surface area contributed by atoms with Crippen LogP contribution < -0.4 is 10.6 Å². The SMILES string of the molecule is CC(C)CNC(=O)C1(C(=O)Nc2ccc(Cl)cc2Cl)CC1. The third kappa shape index (κ3) is 3.69. The van der Waals surface area contributed by atoms with Crippen LogP contribution in [0.5, 0.6) is 0 Å². The van der Waals surface area contributed by atoms with E-state index >= 15 is 0 Å². The molecule has 0 atom stereocenters. The molecule has 1 aromatic carbocycles. The quantitative estimate of drug-likeness (QED) is 0.813. The molecule has 0 aliphatic heterocycles. The molecule has 0 heterocycles. The number of hydrogen-bond donors (Lipinski definition) is 2. The molecule has 1 aromatic rings. The van der Waals surface area contributed by atoms with Gasteiger partial charge in [-0.2, -0.15) is 0 Å². The number of amides is 2. The zero-order chi connectivity index (χ0) is 15.6. The second kappa shape index (κ2) is 6.24. The van der Waals surface area contributed by atoms with Crippen molar-refractivity contribution in [3.05, 3.63) is 28.2 Å². The first-order valence-corrected chi connectivity index (χ1v) is 7.65. The molecule has 0 aromatic heterocycles. The molecule has 1 saturated carbocycles. The lowest BCUT2D eigenvalue weighted by Gasteiger charge is -2.17. The van der Waals surface area contributed by atoms with Crippen LogP contribution in [0.15, 0.2) is 18.2 Å². The van der Waals surface area contributed by atoms with E-state index in [0.29, 0.717) is 41.0 Å². The van der Waals surface area contributed by atoms with Crippen LogP contribution >= 0.6 is 23.2 Å². The molecule has 2 amide bonds. The number of hydrogen-bond acceptors (Lipinski definition) is 2. The lowest BCUT2D eigenvalue weighted by Crippen LogP contribution is -2.41. The number of carbonyl (C=O) groups excluding carboxylic acids is 2. The van der Waals surface area contributed by atoms with Gasteiger partial charge in [-0.25, -0.2) is 0 Å². The highest BCUT2D eigenvalue weighted by Gasteiger charge is 2.56. The number of nitrogens with one attached hydrogen (secondary N) is 2. The first-order chi connectivity index (χ1) is 9.85. The molecule has 0 bridgehead atoms. The predicted octanol–water partition coefficient (Wildman–Crippen LogP) is 3.48. The van der Waals surface area contributed by atoms with Gasteiger partial charge in [-0.3, -0.25) is 9.59 Å². The molecule has 1 fully saturated rings. The Hall–Kier alpha value is -1.26. The van der Waals surface area contributed by atoms with Crippen LogP contribution in [-0.2, 0) is 9.59 Å². The summed E-state index contributed by atoms with van der Waals surface area (Å²) >= 11 is 11.8. The zero-order valence-electron chi connectivity index (χ0n) is 12.0. The molecular formula is C15H18Cl2N2O2. The standard InChI is InChI=1S/C15H18Cl2N2O2/c1-9(2)8-18-13(20)15(5-6-15)14(21)19-12-4-3-10(16)7-11(12)17/h3-4,7,9H,5-6,8H2,1-2H3,(H,18,20)(H,19,21). The zero-order valence-corrected chi connectivity index (χ0v) is 13.5. The van der Waals surface area contributed by atoms with E-state index < -0.39 is 5.41 Å². The summed E-state index contributed by atoms with van der Waals surface area (Å²) in [6, 6.07) is 4.82. The summed E-state index contributed by atoms with van der Waals surface area (Å²) in [5.74, 6) is -0.176. The van der Waals surface area contributed by atoms with E-state index in [1.165, 1.54) is 0 Å². The second-order valence-electron chi connectivity index (χ2n) is 5.76. The van der Waals surface area contributed by atoms with Crippen molar-refractivity contribution in [2.75, 3.05) is 11.9 Å². The topological polar surface area (TPSA) is 58.2 Å². The number of carbonyl (C=O) groups is 2. The summed E-state index contributed by atoms with van der Waals surface area (Å²) in [7, 11) is 0. The van der Waals surface area contributed by atoms with Gasteiger partial charge in [0.15, 0.2) is 0 Å². The third-order valence-corrected chi connectivity index (χ3v) is 4.02. The first kappa shape index (κ1) is 16.1. The van der Waals surface area contributed by atoms with Gasteiger partial charge in [0, 0.05) is 11.6 Å². The van der Waals surface area contributed by atoms with Gasteiger partial charge in [-0.1, -0.05) is 37.0 Å². The highest BCUT2D eigenvalue weighted by Crippen LogP contribution is 2.47. The highest BCUT2D eigenvalue weighted by molar-refractivity contribution is 6.36. The van der Waals surface area contributed by atoms with Gasteiger partial charge in [-0.15, -0.1) is 0 Å². The Labute approximate surface area is 134 Å². The number of halogens is 2. The van der Waals surface area contributed by atoms with Crippen LogP contribution in [0.4, 0.5) is 5.69 Å². The monoisotopic (exact) mass is 328 g/mol. The molecule has 1 aliphatic carbocycles. The summed E-state index contributed by atoms with van der Waals surface area (Å²) in [4.78, 5) is 24.5. The highest BCUT2D eigenvalue weighted by atomic mass is 35.5. The molecule has 0 spiro atoms. The normalized spacial score (nSPS) is 15.7. The molecule has 0 unspecified atom stereocenters. The minimum Gasteiger partial charge on any atom is -0.355 e. The maximum Gasteiger partial charge on any atom is 0.240 e. The molecule has 0 radical (unpaired) electrons. The fourth-order valence-corrected chi connectivity index (χ4v) is 2.44.